The lowest BCUT2D eigenvalue weighted by Crippen LogP contribution is -2.11. The van der Waals surface area contributed by atoms with E-state index in [2.05, 4.69) is 211 Å². The summed E-state index contributed by atoms with van der Waals surface area (Å²) in [6.07, 6.45) is 0. The van der Waals surface area contributed by atoms with E-state index in [4.69, 9.17) is 8.83 Å². The monoisotopic (exact) mass is 804 g/mol. The maximum Gasteiger partial charge on any atom is 0.143 e. The molecule has 9 aromatic carbocycles. The van der Waals surface area contributed by atoms with Crippen molar-refractivity contribution in [1.29, 1.82) is 0 Å². The molecule has 0 aliphatic heterocycles. The van der Waals surface area contributed by atoms with Gasteiger partial charge in [-0.15, -0.1) is 0 Å². The van der Waals surface area contributed by atoms with Crippen LogP contribution >= 0.6 is 0 Å². The van der Waals surface area contributed by atoms with Crippen LogP contribution in [0.1, 0.15) is 44.5 Å². The highest BCUT2D eigenvalue weighted by Crippen LogP contribution is 2.46. The van der Waals surface area contributed by atoms with Gasteiger partial charge >= 0.3 is 0 Å². The minimum absolute atomic E-state index is 0.854. The van der Waals surface area contributed by atoms with Crippen molar-refractivity contribution in [3.8, 4) is 0 Å². The van der Waals surface area contributed by atoms with E-state index in [9.17, 15) is 0 Å². The normalized spacial score (nSPS) is 11.9. The second-order valence-corrected chi connectivity index (χ2v) is 17.8. The first-order chi connectivity index (χ1) is 29.9. The topological polar surface area (TPSA) is 32.8 Å². The van der Waals surface area contributed by atoms with Crippen molar-refractivity contribution in [2.45, 2.75) is 55.4 Å². The summed E-state index contributed by atoms with van der Waals surface area (Å²) in [4.78, 5) is 4.75. The van der Waals surface area contributed by atoms with Crippen molar-refractivity contribution in [3.05, 3.63) is 190 Å². The SMILES string of the molecule is Cc1cc(C)cc(N(c2cc(C)cc(C)c2)c2ccc3c(ccc4c3oc3ccc5oc6c7ccc(N(c8cc(C)cc(C)c8)c8cc(C)cc(C)c8)cc7ccc6c5c34)c2)c1. The van der Waals surface area contributed by atoms with E-state index in [0.717, 1.165) is 99.5 Å². The third-order valence-electron chi connectivity index (χ3n) is 12.4. The Labute approximate surface area is 362 Å². The Bertz CT molecular complexity index is 3220. The second kappa shape index (κ2) is 14.1. The molecule has 11 rings (SSSR count). The molecule has 0 bridgehead atoms. The van der Waals surface area contributed by atoms with Gasteiger partial charge in [0.05, 0.1) is 0 Å². The van der Waals surface area contributed by atoms with Crippen LogP contribution in [0.4, 0.5) is 34.1 Å². The Morgan fingerprint density at radius 1 is 0.274 bits per heavy atom. The summed E-state index contributed by atoms with van der Waals surface area (Å²) in [5.41, 5.74) is 20.2. The van der Waals surface area contributed by atoms with E-state index >= 15 is 0 Å². The molecule has 2 heterocycles. The number of rotatable bonds is 6. The zero-order chi connectivity index (χ0) is 42.6. The molecule has 62 heavy (non-hydrogen) atoms. The van der Waals surface area contributed by atoms with Gasteiger partial charge in [0.25, 0.3) is 0 Å². The van der Waals surface area contributed by atoms with Crippen LogP contribution < -0.4 is 9.80 Å². The predicted molar refractivity (Wildman–Crippen MR) is 263 cm³/mol. The Balaban J connectivity index is 1.05. The third-order valence-corrected chi connectivity index (χ3v) is 12.4. The van der Waals surface area contributed by atoms with Gasteiger partial charge in [0.15, 0.2) is 0 Å². The molecular weight excluding hydrogens is 757 g/mol. The van der Waals surface area contributed by atoms with E-state index in [1.807, 2.05) is 0 Å². The van der Waals surface area contributed by atoms with Crippen LogP contribution in [0, 0.1) is 55.4 Å². The fraction of sp³-hybridized carbons (Fsp3) is 0.138. The lowest BCUT2D eigenvalue weighted by atomic mass is 10.00. The van der Waals surface area contributed by atoms with E-state index in [0.29, 0.717) is 0 Å². The van der Waals surface area contributed by atoms with E-state index in [-0.39, 0.29) is 0 Å². The molecule has 0 radical (unpaired) electrons. The molecule has 4 nitrogen and oxygen atoms in total. The fourth-order valence-corrected chi connectivity index (χ4v) is 10.2. The van der Waals surface area contributed by atoms with Gasteiger partial charge in [0, 0.05) is 66.4 Å². The minimum atomic E-state index is 0.854. The van der Waals surface area contributed by atoms with Gasteiger partial charge < -0.3 is 18.6 Å². The van der Waals surface area contributed by atoms with E-state index in [1.165, 1.54) is 44.5 Å². The summed E-state index contributed by atoms with van der Waals surface area (Å²) in [6.45, 7) is 17.4. The highest BCUT2D eigenvalue weighted by Gasteiger charge is 2.22. The highest BCUT2D eigenvalue weighted by molar-refractivity contribution is 6.30. The largest absolute Gasteiger partial charge is 0.455 e. The molecule has 0 N–H and O–H groups in total. The first-order valence-corrected chi connectivity index (χ1v) is 21.5. The third kappa shape index (κ3) is 6.29. The van der Waals surface area contributed by atoms with Crippen molar-refractivity contribution >= 4 is 99.5 Å². The van der Waals surface area contributed by atoms with Crippen LogP contribution in [0.15, 0.2) is 154 Å². The van der Waals surface area contributed by atoms with Crippen LogP contribution in [-0.4, -0.2) is 0 Å². The molecule has 302 valence electrons. The van der Waals surface area contributed by atoms with Crippen molar-refractivity contribution in [2.75, 3.05) is 9.80 Å². The molecule has 0 amide bonds. The zero-order valence-corrected chi connectivity index (χ0v) is 36.6. The van der Waals surface area contributed by atoms with Gasteiger partial charge in [-0.2, -0.15) is 0 Å². The molecule has 2 aromatic heterocycles. The number of furan rings is 2. The summed E-state index contributed by atoms with van der Waals surface area (Å²) in [5, 5.41) is 8.75. The van der Waals surface area contributed by atoms with E-state index in [1.54, 1.807) is 0 Å². The summed E-state index contributed by atoms with van der Waals surface area (Å²) in [6, 6.07) is 53.7. The second-order valence-electron chi connectivity index (χ2n) is 17.8. The first-order valence-electron chi connectivity index (χ1n) is 21.5. The zero-order valence-electron chi connectivity index (χ0n) is 36.6. The number of aryl methyl sites for hydroxylation is 8. The molecule has 0 fully saturated rings. The molecule has 0 saturated heterocycles. The van der Waals surface area contributed by atoms with Crippen LogP contribution in [0.25, 0.3) is 65.4 Å². The van der Waals surface area contributed by atoms with Crippen molar-refractivity contribution in [2.24, 2.45) is 0 Å². The van der Waals surface area contributed by atoms with Gasteiger partial charge in [-0.3, -0.25) is 0 Å². The lowest BCUT2D eigenvalue weighted by molar-refractivity contribution is 0.666. The Morgan fingerprint density at radius 3 is 0.871 bits per heavy atom. The van der Waals surface area contributed by atoms with Crippen LogP contribution in [0.5, 0.6) is 0 Å². The van der Waals surface area contributed by atoms with Crippen LogP contribution in [0.3, 0.4) is 0 Å². The quantitative estimate of drug-likeness (QED) is 0.168. The van der Waals surface area contributed by atoms with E-state index < -0.39 is 0 Å². The molecular formula is C58H48N2O2. The average Bonchev–Trinajstić information content (AvgIpc) is 3.78. The maximum absolute atomic E-state index is 6.81. The lowest BCUT2D eigenvalue weighted by Gasteiger charge is -2.27. The summed E-state index contributed by atoms with van der Waals surface area (Å²) < 4.78 is 13.6. The van der Waals surface area contributed by atoms with Crippen LogP contribution in [0.2, 0.25) is 0 Å². The van der Waals surface area contributed by atoms with Gasteiger partial charge in [-0.05, 0) is 220 Å². The maximum atomic E-state index is 6.81. The summed E-state index contributed by atoms with van der Waals surface area (Å²) in [5.74, 6) is 0. The van der Waals surface area contributed by atoms with Crippen LogP contribution in [-0.2, 0) is 0 Å². The Hall–Kier alpha value is -7.30. The number of fused-ring (bicyclic) bond motifs is 11. The van der Waals surface area contributed by atoms with Gasteiger partial charge in [0.1, 0.15) is 22.3 Å². The fourth-order valence-electron chi connectivity index (χ4n) is 10.2. The molecule has 0 atom stereocenters. The number of hydrogen-bond donors (Lipinski definition) is 0. The van der Waals surface area contributed by atoms with Crippen molar-refractivity contribution in [3.63, 3.8) is 0 Å². The number of benzene rings is 9. The molecule has 0 unspecified atom stereocenters. The molecule has 0 spiro atoms. The highest BCUT2D eigenvalue weighted by atomic mass is 16.3. The molecule has 0 saturated carbocycles. The molecule has 0 aliphatic carbocycles. The molecule has 4 heteroatoms. The average molecular weight is 805 g/mol. The Kier molecular flexibility index (Phi) is 8.59. The summed E-state index contributed by atoms with van der Waals surface area (Å²) in [7, 11) is 0. The number of nitrogens with zero attached hydrogens (tertiary/aromatic N) is 2. The standard InChI is InChI=1S/C58H48N2O2/c1-33-19-34(2)24-45(23-33)59(46-25-35(3)20-36(4)26-46)43-11-15-49-41(31-43)9-13-51-55-53(61-57(49)51)17-18-54-56(55)52-14-10-42-32-44(12-16-50(42)58(52)62-54)60(47-27-37(5)21-38(6)28-47)48-29-39(7)22-40(8)30-48/h9-32H,1-8H3. The smallest absolute Gasteiger partial charge is 0.143 e. The first kappa shape index (κ1) is 37.7. The molecule has 11 aromatic rings. The van der Waals surface area contributed by atoms with Gasteiger partial charge in [-0.1, -0.05) is 36.4 Å². The van der Waals surface area contributed by atoms with Gasteiger partial charge in [0.2, 0.25) is 0 Å². The predicted octanol–water partition coefficient (Wildman–Crippen LogP) is 17.2. The molecule has 0 aliphatic rings. The number of anilines is 6. The van der Waals surface area contributed by atoms with Gasteiger partial charge in [-0.25, -0.2) is 0 Å². The van der Waals surface area contributed by atoms with Crippen molar-refractivity contribution in [1.82, 2.24) is 0 Å². The number of hydrogen-bond acceptors (Lipinski definition) is 4. The Morgan fingerprint density at radius 2 is 0.565 bits per heavy atom. The minimum Gasteiger partial charge on any atom is -0.455 e. The van der Waals surface area contributed by atoms with Crippen molar-refractivity contribution < 1.29 is 8.83 Å². The summed E-state index contributed by atoms with van der Waals surface area (Å²) >= 11 is 0.